The molecule has 6 nitrogen and oxygen atoms in total. The quantitative estimate of drug-likeness (QED) is 0.690. The lowest BCUT2D eigenvalue weighted by Gasteiger charge is -2.21. The molecule has 0 radical (unpaired) electrons. The van der Waals surface area contributed by atoms with Gasteiger partial charge in [0.05, 0.1) is 7.11 Å². The summed E-state index contributed by atoms with van der Waals surface area (Å²) in [6, 6.07) is 9.70. The molecule has 0 saturated carbocycles. The number of para-hydroxylation sites is 1. The Morgan fingerprint density at radius 3 is 2.52 bits per heavy atom. The van der Waals surface area contributed by atoms with Crippen molar-refractivity contribution < 1.29 is 9.53 Å². The van der Waals surface area contributed by atoms with Gasteiger partial charge in [-0.05, 0) is 43.9 Å². The number of aryl methyl sites for hydroxylation is 1. The van der Waals surface area contributed by atoms with Gasteiger partial charge in [0.2, 0.25) is 5.95 Å². The van der Waals surface area contributed by atoms with Crippen LogP contribution in [0.1, 0.15) is 48.4 Å². The van der Waals surface area contributed by atoms with Crippen molar-refractivity contribution >= 4 is 11.9 Å². The molecule has 1 aromatic carbocycles. The first-order valence-corrected chi connectivity index (χ1v) is 9.59. The second-order valence-electron chi connectivity index (χ2n) is 6.50. The van der Waals surface area contributed by atoms with Crippen LogP contribution in [-0.4, -0.2) is 47.5 Å². The van der Waals surface area contributed by atoms with Crippen LogP contribution in [0.25, 0.3) is 0 Å². The van der Waals surface area contributed by atoms with Crippen LogP contribution in [0, 0.1) is 6.92 Å². The standard InChI is InChI=1S/C21H30N4O2/c1-5-13-25(14-6-2)20(26)18-15-16(3)23-21(24-18)22-12-11-17-9-7-8-10-19(17)27-4/h7-10,15H,5-6,11-14H2,1-4H3,(H,22,23,24). The molecule has 2 rings (SSSR count). The number of benzene rings is 1. The summed E-state index contributed by atoms with van der Waals surface area (Å²) >= 11 is 0. The molecule has 0 aliphatic rings. The minimum Gasteiger partial charge on any atom is -0.496 e. The van der Waals surface area contributed by atoms with E-state index in [1.807, 2.05) is 36.1 Å². The Kier molecular flexibility index (Phi) is 8.04. The van der Waals surface area contributed by atoms with Crippen molar-refractivity contribution in [2.45, 2.75) is 40.0 Å². The molecular weight excluding hydrogens is 340 g/mol. The van der Waals surface area contributed by atoms with Crippen molar-refractivity contribution in [2.24, 2.45) is 0 Å². The van der Waals surface area contributed by atoms with E-state index in [9.17, 15) is 4.79 Å². The van der Waals surface area contributed by atoms with Crippen LogP contribution in [0.4, 0.5) is 5.95 Å². The molecule has 146 valence electrons. The minimum atomic E-state index is -0.0306. The topological polar surface area (TPSA) is 67.4 Å². The number of carbonyl (C=O) groups excluding carboxylic acids is 1. The molecule has 1 heterocycles. The average molecular weight is 370 g/mol. The lowest BCUT2D eigenvalue weighted by Crippen LogP contribution is -2.33. The normalized spacial score (nSPS) is 10.5. The van der Waals surface area contributed by atoms with Crippen molar-refractivity contribution in [1.82, 2.24) is 14.9 Å². The summed E-state index contributed by atoms with van der Waals surface area (Å²) in [7, 11) is 1.67. The highest BCUT2D eigenvalue weighted by Crippen LogP contribution is 2.18. The van der Waals surface area contributed by atoms with Crippen LogP contribution in [0.2, 0.25) is 0 Å². The van der Waals surface area contributed by atoms with Crippen molar-refractivity contribution in [2.75, 3.05) is 32.1 Å². The molecular formula is C21H30N4O2. The van der Waals surface area contributed by atoms with Gasteiger partial charge in [0, 0.05) is 25.3 Å². The summed E-state index contributed by atoms with van der Waals surface area (Å²) in [5.74, 6) is 1.33. The van der Waals surface area contributed by atoms with Gasteiger partial charge < -0.3 is 15.0 Å². The fourth-order valence-corrected chi connectivity index (χ4v) is 2.99. The Morgan fingerprint density at radius 1 is 1.15 bits per heavy atom. The number of hydrogen-bond donors (Lipinski definition) is 1. The molecule has 0 bridgehead atoms. The lowest BCUT2D eigenvalue weighted by molar-refractivity contribution is 0.0749. The molecule has 1 N–H and O–H groups in total. The number of carbonyl (C=O) groups is 1. The monoisotopic (exact) mass is 370 g/mol. The number of amides is 1. The highest BCUT2D eigenvalue weighted by molar-refractivity contribution is 5.92. The van der Waals surface area contributed by atoms with Crippen LogP contribution in [0.15, 0.2) is 30.3 Å². The van der Waals surface area contributed by atoms with Gasteiger partial charge in [0.1, 0.15) is 11.4 Å². The fraction of sp³-hybridized carbons (Fsp3) is 0.476. The zero-order valence-electron chi connectivity index (χ0n) is 16.8. The van der Waals surface area contributed by atoms with Gasteiger partial charge in [-0.2, -0.15) is 0 Å². The number of anilines is 1. The summed E-state index contributed by atoms with van der Waals surface area (Å²) < 4.78 is 5.38. The maximum Gasteiger partial charge on any atom is 0.272 e. The van der Waals surface area contributed by atoms with Crippen LogP contribution in [0.5, 0.6) is 5.75 Å². The van der Waals surface area contributed by atoms with E-state index in [1.165, 1.54) is 0 Å². The molecule has 0 saturated heterocycles. The zero-order chi connectivity index (χ0) is 19.6. The number of methoxy groups -OCH3 is 1. The summed E-state index contributed by atoms with van der Waals surface area (Å²) in [4.78, 5) is 23.5. The molecule has 0 aliphatic heterocycles. The molecule has 6 heteroatoms. The second kappa shape index (κ2) is 10.5. The van der Waals surface area contributed by atoms with Crippen LogP contribution in [-0.2, 0) is 6.42 Å². The van der Waals surface area contributed by atoms with Gasteiger partial charge in [-0.1, -0.05) is 32.0 Å². The van der Waals surface area contributed by atoms with Crippen LogP contribution < -0.4 is 10.1 Å². The van der Waals surface area contributed by atoms with Gasteiger partial charge >= 0.3 is 0 Å². The van der Waals surface area contributed by atoms with Crippen LogP contribution in [0.3, 0.4) is 0 Å². The van der Waals surface area contributed by atoms with Crippen molar-refractivity contribution in [3.8, 4) is 5.75 Å². The van der Waals surface area contributed by atoms with E-state index in [-0.39, 0.29) is 5.91 Å². The Hall–Kier alpha value is -2.63. The highest BCUT2D eigenvalue weighted by Gasteiger charge is 2.17. The van der Waals surface area contributed by atoms with Crippen molar-refractivity contribution in [3.05, 3.63) is 47.3 Å². The maximum atomic E-state index is 12.8. The van der Waals surface area contributed by atoms with E-state index in [4.69, 9.17) is 4.74 Å². The SMILES string of the molecule is CCCN(CCC)C(=O)c1cc(C)nc(NCCc2ccccc2OC)n1. The molecule has 0 fully saturated rings. The summed E-state index contributed by atoms with van der Waals surface area (Å²) in [5, 5.41) is 3.23. The van der Waals surface area contributed by atoms with E-state index in [1.54, 1.807) is 13.2 Å². The van der Waals surface area contributed by atoms with Crippen molar-refractivity contribution in [3.63, 3.8) is 0 Å². The largest absolute Gasteiger partial charge is 0.496 e. The Morgan fingerprint density at radius 2 is 1.85 bits per heavy atom. The molecule has 2 aromatic rings. The number of ether oxygens (including phenoxy) is 1. The van der Waals surface area contributed by atoms with E-state index >= 15 is 0 Å². The summed E-state index contributed by atoms with van der Waals surface area (Å²) in [5.41, 5.74) is 2.35. The number of nitrogens with one attached hydrogen (secondary N) is 1. The molecule has 0 spiro atoms. The van der Waals surface area contributed by atoms with Gasteiger partial charge in [-0.25, -0.2) is 9.97 Å². The first-order chi connectivity index (χ1) is 13.1. The average Bonchev–Trinajstić information content (AvgIpc) is 2.67. The molecule has 1 aromatic heterocycles. The second-order valence-corrected chi connectivity index (χ2v) is 6.50. The Balaban J connectivity index is 2.06. The van der Waals surface area contributed by atoms with E-state index < -0.39 is 0 Å². The molecule has 0 atom stereocenters. The number of hydrogen-bond acceptors (Lipinski definition) is 5. The number of rotatable bonds is 10. The number of nitrogens with zero attached hydrogens (tertiary/aromatic N) is 3. The molecule has 1 amide bonds. The fourth-order valence-electron chi connectivity index (χ4n) is 2.99. The minimum absolute atomic E-state index is 0.0306. The predicted molar refractivity (Wildman–Crippen MR) is 108 cm³/mol. The van der Waals surface area contributed by atoms with Gasteiger partial charge in [0.25, 0.3) is 5.91 Å². The van der Waals surface area contributed by atoms with E-state index in [0.29, 0.717) is 18.2 Å². The number of aromatic nitrogens is 2. The molecule has 0 aliphatic carbocycles. The third kappa shape index (κ3) is 5.94. The predicted octanol–water partition coefficient (Wildman–Crippen LogP) is 3.71. The first-order valence-electron chi connectivity index (χ1n) is 9.59. The summed E-state index contributed by atoms with van der Waals surface area (Å²) in [6.07, 6.45) is 2.64. The molecule has 27 heavy (non-hydrogen) atoms. The highest BCUT2D eigenvalue weighted by atomic mass is 16.5. The summed E-state index contributed by atoms with van der Waals surface area (Å²) in [6.45, 7) is 8.18. The Bertz CT molecular complexity index is 743. The Labute approximate surface area is 162 Å². The zero-order valence-corrected chi connectivity index (χ0v) is 16.8. The lowest BCUT2D eigenvalue weighted by atomic mass is 10.1. The van der Waals surface area contributed by atoms with E-state index in [0.717, 1.165) is 49.4 Å². The third-order valence-corrected chi connectivity index (χ3v) is 4.22. The third-order valence-electron chi connectivity index (χ3n) is 4.22. The van der Waals surface area contributed by atoms with E-state index in [2.05, 4.69) is 29.1 Å². The van der Waals surface area contributed by atoms with Crippen LogP contribution >= 0.6 is 0 Å². The first kappa shape index (κ1) is 20.7. The van der Waals surface area contributed by atoms with Gasteiger partial charge in [-0.3, -0.25) is 4.79 Å². The smallest absolute Gasteiger partial charge is 0.272 e. The van der Waals surface area contributed by atoms with Gasteiger partial charge in [-0.15, -0.1) is 0 Å². The molecule has 0 unspecified atom stereocenters. The van der Waals surface area contributed by atoms with Gasteiger partial charge in [0.15, 0.2) is 0 Å². The maximum absolute atomic E-state index is 12.8. The van der Waals surface area contributed by atoms with Crippen molar-refractivity contribution in [1.29, 1.82) is 0 Å².